The Hall–Kier alpha value is -0.910. The zero-order valence-corrected chi connectivity index (χ0v) is 10.3. The predicted octanol–water partition coefficient (Wildman–Crippen LogP) is 1.28. The van der Waals surface area contributed by atoms with Crippen LogP contribution in [0, 0.1) is 13.8 Å². The van der Waals surface area contributed by atoms with E-state index in [1.54, 1.807) is 12.1 Å². The number of nitrogens with zero attached hydrogens (tertiary/aromatic N) is 1. The minimum Gasteiger partial charge on any atom is -0.364 e. The van der Waals surface area contributed by atoms with Crippen molar-refractivity contribution in [1.82, 2.24) is 4.31 Å². The average molecular weight is 241 g/mol. The van der Waals surface area contributed by atoms with Crippen LogP contribution in [0.1, 0.15) is 11.1 Å². The van der Waals surface area contributed by atoms with Gasteiger partial charge in [-0.2, -0.15) is 4.31 Å². The monoisotopic (exact) mass is 241 g/mol. The molecule has 1 aromatic carbocycles. The van der Waals surface area contributed by atoms with Crippen LogP contribution in [0.3, 0.4) is 0 Å². The molecule has 4 nitrogen and oxygen atoms in total. The fourth-order valence-corrected chi connectivity index (χ4v) is 3.00. The molecule has 0 saturated carbocycles. The summed E-state index contributed by atoms with van der Waals surface area (Å²) < 4.78 is 30.7. The van der Waals surface area contributed by atoms with E-state index in [1.807, 2.05) is 19.9 Å². The summed E-state index contributed by atoms with van der Waals surface area (Å²) in [5.41, 5.74) is 2.08. The molecular weight excluding hydrogens is 226 g/mol. The van der Waals surface area contributed by atoms with Crippen LogP contribution in [0.5, 0.6) is 0 Å². The van der Waals surface area contributed by atoms with Crippen molar-refractivity contribution in [1.29, 1.82) is 0 Å². The van der Waals surface area contributed by atoms with Gasteiger partial charge < -0.3 is 4.74 Å². The SMILES string of the molecule is Cc1ccc(S(=O)(=O)N2CCOC2)cc1C. The average Bonchev–Trinajstić information content (AvgIpc) is 2.75. The van der Waals surface area contributed by atoms with Gasteiger partial charge in [-0.25, -0.2) is 8.42 Å². The Kier molecular flexibility index (Phi) is 3.01. The number of hydrogen-bond donors (Lipinski definition) is 0. The second-order valence-corrected chi connectivity index (χ2v) is 5.90. The van der Waals surface area contributed by atoms with Gasteiger partial charge in [-0.3, -0.25) is 0 Å². The Morgan fingerprint density at radius 2 is 2.00 bits per heavy atom. The maximum Gasteiger partial charge on any atom is 0.245 e. The predicted molar refractivity (Wildman–Crippen MR) is 60.6 cm³/mol. The first-order valence-electron chi connectivity index (χ1n) is 5.17. The van der Waals surface area contributed by atoms with Crippen molar-refractivity contribution in [3.8, 4) is 0 Å². The standard InChI is InChI=1S/C11H15NO3S/c1-9-3-4-11(7-10(9)2)16(13,14)12-5-6-15-8-12/h3-4,7H,5-6,8H2,1-2H3. The number of hydrogen-bond acceptors (Lipinski definition) is 3. The summed E-state index contributed by atoms with van der Waals surface area (Å²) in [4.78, 5) is 0.348. The summed E-state index contributed by atoms with van der Waals surface area (Å²) in [5.74, 6) is 0. The van der Waals surface area contributed by atoms with Gasteiger partial charge in [0.2, 0.25) is 10.0 Å². The number of sulfonamides is 1. The van der Waals surface area contributed by atoms with Gasteiger partial charge in [0.1, 0.15) is 6.73 Å². The first-order valence-corrected chi connectivity index (χ1v) is 6.61. The second-order valence-electron chi connectivity index (χ2n) is 3.96. The van der Waals surface area contributed by atoms with Crippen LogP contribution >= 0.6 is 0 Å². The lowest BCUT2D eigenvalue weighted by molar-refractivity contribution is 0.172. The van der Waals surface area contributed by atoms with Gasteiger partial charge in [-0.05, 0) is 37.1 Å². The highest BCUT2D eigenvalue weighted by Crippen LogP contribution is 2.20. The molecule has 0 radical (unpaired) electrons. The molecule has 0 atom stereocenters. The Balaban J connectivity index is 2.39. The molecule has 0 bridgehead atoms. The molecule has 1 aromatic rings. The van der Waals surface area contributed by atoms with Gasteiger partial charge in [-0.15, -0.1) is 0 Å². The number of rotatable bonds is 2. The summed E-state index contributed by atoms with van der Waals surface area (Å²) in [6.07, 6.45) is 0. The third-order valence-electron chi connectivity index (χ3n) is 2.84. The molecule has 0 N–H and O–H groups in total. The summed E-state index contributed by atoms with van der Waals surface area (Å²) in [7, 11) is -3.37. The van der Waals surface area contributed by atoms with Gasteiger partial charge in [0.05, 0.1) is 11.5 Å². The van der Waals surface area contributed by atoms with E-state index in [-0.39, 0.29) is 6.73 Å². The highest BCUT2D eigenvalue weighted by atomic mass is 32.2. The van der Waals surface area contributed by atoms with Gasteiger partial charge in [0.15, 0.2) is 0 Å². The Morgan fingerprint density at radius 1 is 1.25 bits per heavy atom. The van der Waals surface area contributed by atoms with Crippen LogP contribution in [0.2, 0.25) is 0 Å². The molecule has 16 heavy (non-hydrogen) atoms. The molecule has 5 heteroatoms. The lowest BCUT2D eigenvalue weighted by atomic mass is 10.1. The normalized spacial score (nSPS) is 17.9. The van der Waals surface area contributed by atoms with Crippen LogP contribution in [-0.4, -0.2) is 32.6 Å². The molecule has 0 aromatic heterocycles. The zero-order chi connectivity index (χ0) is 11.8. The van der Waals surface area contributed by atoms with Crippen LogP contribution in [0.15, 0.2) is 23.1 Å². The highest BCUT2D eigenvalue weighted by molar-refractivity contribution is 7.89. The third-order valence-corrected chi connectivity index (χ3v) is 4.65. The molecule has 0 spiro atoms. The largest absolute Gasteiger partial charge is 0.364 e. The molecule has 0 unspecified atom stereocenters. The van der Waals surface area contributed by atoms with Gasteiger partial charge in [0, 0.05) is 6.54 Å². The number of benzene rings is 1. The van der Waals surface area contributed by atoms with Crippen molar-refractivity contribution in [3.05, 3.63) is 29.3 Å². The van der Waals surface area contributed by atoms with Crippen molar-refractivity contribution in [2.75, 3.05) is 19.9 Å². The quantitative estimate of drug-likeness (QED) is 0.783. The zero-order valence-electron chi connectivity index (χ0n) is 9.43. The van der Waals surface area contributed by atoms with E-state index in [1.165, 1.54) is 4.31 Å². The maximum absolute atomic E-state index is 12.1. The molecular formula is C11H15NO3S. The molecule has 1 fully saturated rings. The van der Waals surface area contributed by atoms with E-state index in [0.29, 0.717) is 18.0 Å². The minimum absolute atomic E-state index is 0.162. The van der Waals surface area contributed by atoms with Crippen molar-refractivity contribution in [2.24, 2.45) is 0 Å². The Bertz CT molecular complexity index is 490. The maximum atomic E-state index is 12.1. The molecule has 1 aliphatic heterocycles. The van der Waals surface area contributed by atoms with Crippen molar-refractivity contribution in [3.63, 3.8) is 0 Å². The van der Waals surface area contributed by atoms with Crippen molar-refractivity contribution in [2.45, 2.75) is 18.7 Å². The summed E-state index contributed by atoms with van der Waals surface area (Å²) >= 11 is 0. The van der Waals surface area contributed by atoms with Gasteiger partial charge in [0.25, 0.3) is 0 Å². The van der Waals surface area contributed by atoms with Crippen molar-refractivity contribution >= 4 is 10.0 Å². The molecule has 0 aliphatic carbocycles. The van der Waals surface area contributed by atoms with Crippen molar-refractivity contribution < 1.29 is 13.2 Å². The molecule has 88 valence electrons. The van der Waals surface area contributed by atoms with E-state index >= 15 is 0 Å². The highest BCUT2D eigenvalue weighted by Gasteiger charge is 2.27. The lowest BCUT2D eigenvalue weighted by Gasteiger charge is -2.14. The van der Waals surface area contributed by atoms with E-state index < -0.39 is 10.0 Å². The lowest BCUT2D eigenvalue weighted by Crippen LogP contribution is -2.28. The smallest absolute Gasteiger partial charge is 0.245 e. The van der Waals surface area contributed by atoms with Crippen LogP contribution in [-0.2, 0) is 14.8 Å². The fourth-order valence-electron chi connectivity index (χ4n) is 1.61. The first-order chi connectivity index (χ1) is 7.51. The Morgan fingerprint density at radius 3 is 2.56 bits per heavy atom. The third kappa shape index (κ3) is 1.98. The van der Waals surface area contributed by atoms with Crippen LogP contribution < -0.4 is 0 Å². The number of aryl methyl sites for hydroxylation is 2. The first kappa shape index (κ1) is 11.6. The molecule has 1 aliphatic rings. The summed E-state index contributed by atoms with van der Waals surface area (Å²) in [6, 6.07) is 5.19. The molecule has 1 heterocycles. The molecule has 2 rings (SSSR count). The topological polar surface area (TPSA) is 46.6 Å². The van der Waals surface area contributed by atoms with Crippen LogP contribution in [0.4, 0.5) is 0 Å². The van der Waals surface area contributed by atoms with E-state index in [9.17, 15) is 8.42 Å². The molecule has 1 saturated heterocycles. The van der Waals surface area contributed by atoms with E-state index in [0.717, 1.165) is 11.1 Å². The van der Waals surface area contributed by atoms with Gasteiger partial charge in [-0.1, -0.05) is 6.07 Å². The minimum atomic E-state index is -3.37. The second kappa shape index (κ2) is 4.16. The van der Waals surface area contributed by atoms with E-state index in [2.05, 4.69) is 0 Å². The number of ether oxygens (including phenoxy) is 1. The summed E-state index contributed by atoms with van der Waals surface area (Å²) in [5, 5.41) is 0. The summed E-state index contributed by atoms with van der Waals surface area (Å²) in [6.45, 7) is 4.95. The van der Waals surface area contributed by atoms with E-state index in [4.69, 9.17) is 4.74 Å². The molecule has 0 amide bonds. The van der Waals surface area contributed by atoms with Gasteiger partial charge >= 0.3 is 0 Å². The fraction of sp³-hybridized carbons (Fsp3) is 0.455. The Labute approximate surface area is 95.9 Å². The van der Waals surface area contributed by atoms with Crippen LogP contribution in [0.25, 0.3) is 0 Å².